The molecule has 0 atom stereocenters. The molecule has 0 spiro atoms. The van der Waals surface area contributed by atoms with Gasteiger partial charge in [0.05, 0.1) is 17.4 Å². The molecule has 33 heavy (non-hydrogen) atoms. The summed E-state index contributed by atoms with van der Waals surface area (Å²) in [5.74, 6) is -0.721. The Kier molecular flexibility index (Phi) is 8.10. The Morgan fingerprint density at radius 3 is 2.36 bits per heavy atom. The Hall–Kier alpha value is -2.91. The van der Waals surface area contributed by atoms with Crippen LogP contribution in [0.3, 0.4) is 0 Å². The van der Waals surface area contributed by atoms with E-state index in [2.05, 4.69) is 5.32 Å². The molecule has 0 aromatic heterocycles. The summed E-state index contributed by atoms with van der Waals surface area (Å²) in [6.45, 7) is 6.27. The molecule has 1 fully saturated rings. The van der Waals surface area contributed by atoms with Crippen LogP contribution >= 0.6 is 0 Å². The lowest BCUT2D eigenvalue weighted by Gasteiger charge is -2.30. The van der Waals surface area contributed by atoms with Crippen molar-refractivity contribution in [3.8, 4) is 5.75 Å². The second-order valence-electron chi connectivity index (χ2n) is 7.99. The van der Waals surface area contributed by atoms with E-state index in [0.717, 1.165) is 11.1 Å². The van der Waals surface area contributed by atoms with Crippen LogP contribution in [0.25, 0.3) is 0 Å². The summed E-state index contributed by atoms with van der Waals surface area (Å²) in [4.78, 5) is 24.8. The van der Waals surface area contributed by atoms with Gasteiger partial charge < -0.3 is 14.8 Å². The Morgan fingerprint density at radius 2 is 1.73 bits per heavy atom. The highest BCUT2D eigenvalue weighted by Crippen LogP contribution is 2.26. The summed E-state index contributed by atoms with van der Waals surface area (Å²) in [5.41, 5.74) is 2.69. The molecule has 178 valence electrons. The van der Waals surface area contributed by atoms with Gasteiger partial charge >= 0.3 is 5.97 Å². The molecule has 9 heteroatoms. The molecule has 1 heterocycles. The topological polar surface area (TPSA) is 102 Å². The number of esters is 1. The normalized spacial score (nSPS) is 15.1. The molecule has 0 bridgehead atoms. The van der Waals surface area contributed by atoms with Crippen LogP contribution < -0.4 is 10.1 Å². The predicted octanol–water partition coefficient (Wildman–Crippen LogP) is 3.28. The molecule has 0 saturated carbocycles. The molecule has 3 rings (SSSR count). The van der Waals surface area contributed by atoms with Gasteiger partial charge in [-0.1, -0.05) is 12.1 Å². The Morgan fingerprint density at radius 1 is 1.06 bits per heavy atom. The fourth-order valence-corrected chi connectivity index (χ4v) is 5.15. The number of piperidine rings is 1. The van der Waals surface area contributed by atoms with Crippen molar-refractivity contribution in [1.82, 2.24) is 4.31 Å². The molecular formula is C24H30N2O6S. The SMILES string of the molecule is CCOc1ccc(S(=O)(=O)N2CCC(C(=O)OCC(=O)Nc3cccc(C)c3C)CC2)cc1. The number of benzene rings is 2. The number of anilines is 1. The van der Waals surface area contributed by atoms with Crippen molar-refractivity contribution in [2.45, 2.75) is 38.5 Å². The third kappa shape index (κ3) is 6.11. The van der Waals surface area contributed by atoms with Crippen LogP contribution in [0, 0.1) is 19.8 Å². The van der Waals surface area contributed by atoms with E-state index in [1.807, 2.05) is 32.9 Å². The molecule has 1 amide bonds. The van der Waals surface area contributed by atoms with Crippen LogP contribution in [0.15, 0.2) is 47.4 Å². The van der Waals surface area contributed by atoms with Gasteiger partial charge in [0, 0.05) is 18.8 Å². The summed E-state index contributed by atoms with van der Waals surface area (Å²) < 4.78 is 37.7. The first-order valence-corrected chi connectivity index (χ1v) is 12.4. The van der Waals surface area contributed by atoms with E-state index in [9.17, 15) is 18.0 Å². The van der Waals surface area contributed by atoms with E-state index in [-0.39, 0.29) is 24.6 Å². The van der Waals surface area contributed by atoms with E-state index in [1.165, 1.54) is 16.4 Å². The summed E-state index contributed by atoms with van der Waals surface area (Å²) in [7, 11) is -3.65. The molecular weight excluding hydrogens is 444 g/mol. The highest BCUT2D eigenvalue weighted by atomic mass is 32.2. The van der Waals surface area contributed by atoms with Crippen molar-refractivity contribution < 1.29 is 27.5 Å². The van der Waals surface area contributed by atoms with Gasteiger partial charge in [0.1, 0.15) is 5.75 Å². The lowest BCUT2D eigenvalue weighted by molar-refractivity contribution is -0.152. The van der Waals surface area contributed by atoms with Gasteiger partial charge in [-0.15, -0.1) is 0 Å². The van der Waals surface area contributed by atoms with Gasteiger partial charge in [-0.25, -0.2) is 8.42 Å². The number of carbonyl (C=O) groups is 2. The molecule has 0 radical (unpaired) electrons. The second kappa shape index (κ2) is 10.8. The van der Waals surface area contributed by atoms with Crippen LogP contribution in [-0.4, -0.2) is 50.9 Å². The molecule has 1 aliphatic heterocycles. The molecule has 1 saturated heterocycles. The smallest absolute Gasteiger partial charge is 0.309 e. The third-order valence-corrected chi connectivity index (χ3v) is 7.70. The number of ether oxygens (including phenoxy) is 2. The van der Waals surface area contributed by atoms with E-state index < -0.39 is 27.8 Å². The van der Waals surface area contributed by atoms with Crippen molar-refractivity contribution in [1.29, 1.82) is 0 Å². The maximum atomic E-state index is 12.9. The molecule has 8 nitrogen and oxygen atoms in total. The van der Waals surface area contributed by atoms with E-state index in [1.54, 1.807) is 18.2 Å². The minimum atomic E-state index is -3.65. The van der Waals surface area contributed by atoms with Crippen LogP contribution in [0.1, 0.15) is 30.9 Å². The van der Waals surface area contributed by atoms with Crippen LogP contribution in [0.4, 0.5) is 5.69 Å². The minimum Gasteiger partial charge on any atom is -0.494 e. The fraction of sp³-hybridized carbons (Fsp3) is 0.417. The standard InChI is InChI=1S/C24H30N2O6S/c1-4-31-20-8-10-21(11-9-20)33(29,30)26-14-12-19(13-15-26)24(28)32-16-23(27)25-22-7-5-6-17(2)18(22)3/h5-11,19H,4,12-16H2,1-3H3,(H,25,27). The van der Waals surface area contributed by atoms with Crippen molar-refractivity contribution in [2.75, 3.05) is 31.6 Å². The Balaban J connectivity index is 1.49. The van der Waals surface area contributed by atoms with Crippen molar-refractivity contribution in [3.05, 3.63) is 53.6 Å². The van der Waals surface area contributed by atoms with Crippen LogP contribution in [0.2, 0.25) is 0 Å². The second-order valence-corrected chi connectivity index (χ2v) is 9.92. The van der Waals surface area contributed by atoms with Crippen molar-refractivity contribution >= 4 is 27.6 Å². The van der Waals surface area contributed by atoms with E-state index in [0.29, 0.717) is 30.9 Å². The highest BCUT2D eigenvalue weighted by Gasteiger charge is 2.33. The summed E-state index contributed by atoms with van der Waals surface area (Å²) in [5, 5.41) is 2.75. The summed E-state index contributed by atoms with van der Waals surface area (Å²) in [6.07, 6.45) is 0.682. The number of nitrogens with zero attached hydrogens (tertiary/aromatic N) is 1. The number of amides is 1. The lowest BCUT2D eigenvalue weighted by atomic mass is 9.98. The monoisotopic (exact) mass is 474 g/mol. The number of hydrogen-bond acceptors (Lipinski definition) is 6. The lowest BCUT2D eigenvalue weighted by Crippen LogP contribution is -2.40. The molecule has 0 aliphatic carbocycles. The fourth-order valence-electron chi connectivity index (χ4n) is 3.68. The first-order chi connectivity index (χ1) is 15.7. The van der Waals surface area contributed by atoms with Crippen molar-refractivity contribution in [2.24, 2.45) is 5.92 Å². The van der Waals surface area contributed by atoms with E-state index in [4.69, 9.17) is 9.47 Å². The molecule has 0 unspecified atom stereocenters. The number of carbonyl (C=O) groups excluding carboxylic acids is 2. The van der Waals surface area contributed by atoms with Gasteiger partial charge in [-0.2, -0.15) is 4.31 Å². The van der Waals surface area contributed by atoms with Gasteiger partial charge in [0.15, 0.2) is 6.61 Å². The summed E-state index contributed by atoms with van der Waals surface area (Å²) in [6, 6.07) is 11.9. The van der Waals surface area contributed by atoms with Crippen LogP contribution in [-0.2, 0) is 24.3 Å². The number of aryl methyl sites for hydroxylation is 1. The van der Waals surface area contributed by atoms with Crippen LogP contribution in [0.5, 0.6) is 5.75 Å². The number of nitrogens with one attached hydrogen (secondary N) is 1. The van der Waals surface area contributed by atoms with Crippen molar-refractivity contribution in [3.63, 3.8) is 0 Å². The maximum absolute atomic E-state index is 12.9. The third-order valence-electron chi connectivity index (χ3n) is 5.78. The maximum Gasteiger partial charge on any atom is 0.309 e. The largest absolute Gasteiger partial charge is 0.494 e. The highest BCUT2D eigenvalue weighted by molar-refractivity contribution is 7.89. The number of rotatable bonds is 8. The Labute approximate surface area is 194 Å². The zero-order valence-corrected chi connectivity index (χ0v) is 20.0. The predicted molar refractivity (Wildman–Crippen MR) is 125 cm³/mol. The van der Waals surface area contributed by atoms with E-state index >= 15 is 0 Å². The average molecular weight is 475 g/mol. The number of hydrogen-bond donors (Lipinski definition) is 1. The average Bonchev–Trinajstić information content (AvgIpc) is 2.81. The first kappa shape index (κ1) is 24.7. The van der Waals surface area contributed by atoms with Gasteiger partial charge in [0.25, 0.3) is 5.91 Å². The minimum absolute atomic E-state index is 0.190. The van der Waals surface area contributed by atoms with Gasteiger partial charge in [-0.3, -0.25) is 9.59 Å². The molecule has 2 aromatic rings. The zero-order valence-electron chi connectivity index (χ0n) is 19.2. The number of sulfonamides is 1. The Bertz CT molecular complexity index is 1090. The molecule has 1 aliphatic rings. The molecule has 1 N–H and O–H groups in total. The quantitative estimate of drug-likeness (QED) is 0.589. The summed E-state index contributed by atoms with van der Waals surface area (Å²) >= 11 is 0. The van der Waals surface area contributed by atoms with Gasteiger partial charge in [0.2, 0.25) is 10.0 Å². The van der Waals surface area contributed by atoms with Gasteiger partial charge in [-0.05, 0) is 75.1 Å². The molecule has 2 aromatic carbocycles. The first-order valence-electron chi connectivity index (χ1n) is 11.0. The zero-order chi connectivity index (χ0) is 24.0.